The van der Waals surface area contributed by atoms with Gasteiger partial charge in [0.1, 0.15) is 5.15 Å². The van der Waals surface area contributed by atoms with E-state index in [4.69, 9.17) is 21.4 Å². The standard InChI is InChI=1S/C16H21ClN4O4/c1-2-25-13(22)16(5-6-16)11-9-18-14(20-12(11)17)19-10-3-7-21(8-4-10)15(23)24/h9-10H,2-8H2,1H3,(H,23,24)(H,18,19,20). The number of ether oxygens (including phenoxy) is 1. The van der Waals surface area contributed by atoms with Gasteiger partial charge in [0.25, 0.3) is 0 Å². The van der Waals surface area contributed by atoms with E-state index in [9.17, 15) is 9.59 Å². The van der Waals surface area contributed by atoms with E-state index in [1.54, 1.807) is 13.1 Å². The molecule has 8 nitrogen and oxygen atoms in total. The number of nitrogens with zero attached hydrogens (tertiary/aromatic N) is 3. The summed E-state index contributed by atoms with van der Waals surface area (Å²) in [5.41, 5.74) is -0.0859. The molecule has 136 valence electrons. The molecular weight excluding hydrogens is 348 g/mol. The summed E-state index contributed by atoms with van der Waals surface area (Å²) in [5, 5.41) is 12.4. The second-order valence-electron chi connectivity index (χ2n) is 6.39. The Labute approximate surface area is 150 Å². The minimum absolute atomic E-state index is 0.0949. The number of rotatable bonds is 5. The van der Waals surface area contributed by atoms with Crippen molar-refractivity contribution in [2.75, 3.05) is 25.0 Å². The predicted molar refractivity (Wildman–Crippen MR) is 90.8 cm³/mol. The topological polar surface area (TPSA) is 105 Å². The molecule has 2 fully saturated rings. The molecule has 2 aliphatic rings. The molecule has 2 N–H and O–H groups in total. The van der Waals surface area contributed by atoms with Gasteiger partial charge in [0.2, 0.25) is 5.95 Å². The van der Waals surface area contributed by atoms with Gasteiger partial charge in [-0.05, 0) is 32.6 Å². The largest absolute Gasteiger partial charge is 0.465 e. The van der Waals surface area contributed by atoms with Crippen LogP contribution >= 0.6 is 11.6 Å². The molecule has 3 rings (SSSR count). The monoisotopic (exact) mass is 368 g/mol. The van der Waals surface area contributed by atoms with Crippen molar-refractivity contribution in [3.05, 3.63) is 16.9 Å². The summed E-state index contributed by atoms with van der Waals surface area (Å²) in [4.78, 5) is 33.1. The van der Waals surface area contributed by atoms with Gasteiger partial charge < -0.3 is 20.1 Å². The van der Waals surface area contributed by atoms with E-state index in [2.05, 4.69) is 15.3 Å². The van der Waals surface area contributed by atoms with Crippen molar-refractivity contribution in [1.29, 1.82) is 0 Å². The second kappa shape index (κ2) is 7.03. The Bertz CT molecular complexity index is 672. The van der Waals surface area contributed by atoms with E-state index in [-0.39, 0.29) is 17.2 Å². The van der Waals surface area contributed by atoms with Gasteiger partial charge in [-0.1, -0.05) is 11.6 Å². The highest BCUT2D eigenvalue weighted by molar-refractivity contribution is 6.30. The lowest BCUT2D eigenvalue weighted by Gasteiger charge is -2.30. The molecule has 9 heteroatoms. The summed E-state index contributed by atoms with van der Waals surface area (Å²) in [6.45, 7) is 3.05. The average Bonchev–Trinajstić information content (AvgIpc) is 3.37. The highest BCUT2D eigenvalue weighted by Gasteiger charge is 2.54. The summed E-state index contributed by atoms with van der Waals surface area (Å²) in [5.74, 6) is 0.115. The van der Waals surface area contributed by atoms with Crippen LogP contribution in [0.25, 0.3) is 0 Å². The third-order valence-electron chi connectivity index (χ3n) is 4.77. The van der Waals surface area contributed by atoms with Gasteiger partial charge in [-0.25, -0.2) is 14.8 Å². The van der Waals surface area contributed by atoms with Crippen LogP contribution in [0.2, 0.25) is 5.15 Å². The number of hydrogen-bond donors (Lipinski definition) is 2. The van der Waals surface area contributed by atoms with E-state index in [1.807, 2.05) is 0 Å². The first-order valence-electron chi connectivity index (χ1n) is 8.41. The number of halogens is 1. The third-order valence-corrected chi connectivity index (χ3v) is 5.06. The molecule has 0 bridgehead atoms. The van der Waals surface area contributed by atoms with Crippen molar-refractivity contribution in [3.63, 3.8) is 0 Å². The molecule has 1 saturated carbocycles. The lowest BCUT2D eigenvalue weighted by atomic mass is 9.99. The second-order valence-corrected chi connectivity index (χ2v) is 6.75. The van der Waals surface area contributed by atoms with E-state index in [0.717, 1.165) is 0 Å². The maximum atomic E-state index is 12.2. The Kier molecular flexibility index (Phi) is 4.99. The number of amides is 1. The lowest BCUT2D eigenvalue weighted by Crippen LogP contribution is -2.41. The highest BCUT2D eigenvalue weighted by Crippen LogP contribution is 2.51. The molecule has 0 aromatic carbocycles. The summed E-state index contributed by atoms with van der Waals surface area (Å²) in [6.07, 6.45) is 3.44. The van der Waals surface area contributed by atoms with Crippen molar-refractivity contribution >= 4 is 29.6 Å². The molecule has 1 aromatic rings. The Balaban J connectivity index is 1.65. The van der Waals surface area contributed by atoms with Crippen LogP contribution in [0.15, 0.2) is 6.20 Å². The van der Waals surface area contributed by atoms with Crippen LogP contribution in [0.5, 0.6) is 0 Å². The van der Waals surface area contributed by atoms with Gasteiger partial charge in [-0.2, -0.15) is 0 Å². The number of anilines is 1. The Morgan fingerprint density at radius 2 is 2.12 bits per heavy atom. The summed E-state index contributed by atoms with van der Waals surface area (Å²) >= 11 is 6.30. The van der Waals surface area contributed by atoms with E-state index < -0.39 is 11.5 Å². The Hall–Kier alpha value is -2.09. The first kappa shape index (κ1) is 17.7. The minimum Gasteiger partial charge on any atom is -0.465 e. The van der Waals surface area contributed by atoms with E-state index in [1.165, 1.54) is 4.90 Å². The van der Waals surface area contributed by atoms with E-state index in [0.29, 0.717) is 56.9 Å². The van der Waals surface area contributed by atoms with Crippen molar-refractivity contribution < 1.29 is 19.4 Å². The zero-order chi connectivity index (χ0) is 18.0. The summed E-state index contributed by atoms with van der Waals surface area (Å²) in [6, 6.07) is 0.0949. The smallest absolute Gasteiger partial charge is 0.407 e. The Morgan fingerprint density at radius 3 is 2.64 bits per heavy atom. The van der Waals surface area contributed by atoms with Crippen molar-refractivity contribution in [2.24, 2.45) is 0 Å². The van der Waals surface area contributed by atoms with Crippen molar-refractivity contribution in [1.82, 2.24) is 14.9 Å². The number of carbonyl (C=O) groups is 2. The van der Waals surface area contributed by atoms with Gasteiger partial charge in [-0.3, -0.25) is 4.79 Å². The van der Waals surface area contributed by atoms with Crippen LogP contribution in [0.4, 0.5) is 10.7 Å². The summed E-state index contributed by atoms with van der Waals surface area (Å²) in [7, 11) is 0. The van der Waals surface area contributed by atoms with Gasteiger partial charge in [-0.15, -0.1) is 0 Å². The molecule has 0 unspecified atom stereocenters. The van der Waals surface area contributed by atoms with Crippen LogP contribution in [-0.2, 0) is 14.9 Å². The number of carboxylic acid groups (broad SMARTS) is 1. The maximum absolute atomic E-state index is 12.2. The molecule has 0 spiro atoms. The van der Waals surface area contributed by atoms with Crippen molar-refractivity contribution in [3.8, 4) is 0 Å². The number of piperidine rings is 1. The molecular formula is C16H21ClN4O4. The number of likely N-dealkylation sites (tertiary alicyclic amines) is 1. The normalized spacial score (nSPS) is 19.4. The minimum atomic E-state index is -0.893. The fraction of sp³-hybridized carbons (Fsp3) is 0.625. The average molecular weight is 369 g/mol. The molecule has 1 saturated heterocycles. The van der Waals surface area contributed by atoms with Crippen molar-refractivity contribution in [2.45, 2.75) is 44.1 Å². The van der Waals surface area contributed by atoms with Gasteiger partial charge in [0.05, 0.1) is 12.0 Å². The fourth-order valence-electron chi connectivity index (χ4n) is 3.13. The van der Waals surface area contributed by atoms with Crippen LogP contribution < -0.4 is 5.32 Å². The molecule has 0 radical (unpaired) electrons. The van der Waals surface area contributed by atoms with Gasteiger partial charge in [0, 0.05) is 30.9 Å². The van der Waals surface area contributed by atoms with Gasteiger partial charge in [0.15, 0.2) is 0 Å². The highest BCUT2D eigenvalue weighted by atomic mass is 35.5. The number of nitrogens with one attached hydrogen (secondary N) is 1. The molecule has 1 aliphatic carbocycles. The van der Waals surface area contributed by atoms with Crippen LogP contribution in [0, 0.1) is 0 Å². The molecule has 1 aliphatic heterocycles. The Morgan fingerprint density at radius 1 is 1.44 bits per heavy atom. The SMILES string of the molecule is CCOC(=O)C1(c2cnc(NC3CCN(C(=O)O)CC3)nc2Cl)CC1. The fourth-order valence-corrected chi connectivity index (χ4v) is 3.44. The first-order chi connectivity index (χ1) is 12.0. The predicted octanol–water partition coefficient (Wildman–Crippen LogP) is 2.28. The molecule has 0 atom stereocenters. The lowest BCUT2D eigenvalue weighted by molar-refractivity contribution is -0.146. The molecule has 1 aromatic heterocycles. The molecule has 2 heterocycles. The van der Waals surface area contributed by atoms with Crippen LogP contribution in [0.1, 0.15) is 38.2 Å². The van der Waals surface area contributed by atoms with Crippen LogP contribution in [0.3, 0.4) is 0 Å². The zero-order valence-corrected chi connectivity index (χ0v) is 14.8. The van der Waals surface area contributed by atoms with Crippen LogP contribution in [-0.4, -0.2) is 57.8 Å². The number of hydrogen-bond acceptors (Lipinski definition) is 6. The summed E-state index contributed by atoms with van der Waals surface area (Å²) < 4.78 is 5.14. The number of carbonyl (C=O) groups excluding carboxylic acids is 1. The van der Waals surface area contributed by atoms with E-state index >= 15 is 0 Å². The number of aromatic nitrogens is 2. The molecule has 25 heavy (non-hydrogen) atoms. The zero-order valence-electron chi connectivity index (χ0n) is 14.0. The molecule has 1 amide bonds. The number of esters is 1. The quantitative estimate of drug-likeness (QED) is 0.606. The van der Waals surface area contributed by atoms with Gasteiger partial charge >= 0.3 is 12.1 Å². The first-order valence-corrected chi connectivity index (χ1v) is 8.78. The maximum Gasteiger partial charge on any atom is 0.407 e. The third kappa shape index (κ3) is 3.63.